The first-order valence-electron chi connectivity index (χ1n) is 5.87. The molecule has 1 aromatic rings. The fraction of sp³-hybridized carbons (Fsp3) is 0.636. The molecule has 1 aliphatic rings. The SMILES string of the molecule is CNc1ncc(Cl)c(NCC2(O)CCOCC2)n1. The van der Waals surface area contributed by atoms with Crippen molar-refractivity contribution in [2.75, 3.05) is 37.4 Å². The van der Waals surface area contributed by atoms with E-state index in [-0.39, 0.29) is 0 Å². The van der Waals surface area contributed by atoms with Crippen molar-refractivity contribution in [1.29, 1.82) is 0 Å². The molecule has 1 aromatic heterocycles. The van der Waals surface area contributed by atoms with E-state index in [1.54, 1.807) is 7.05 Å². The second-order valence-corrected chi connectivity index (χ2v) is 4.74. The van der Waals surface area contributed by atoms with Crippen LogP contribution in [0.5, 0.6) is 0 Å². The predicted molar refractivity (Wildman–Crippen MR) is 70.1 cm³/mol. The zero-order chi connectivity index (χ0) is 13.0. The minimum absolute atomic E-state index is 0.399. The van der Waals surface area contributed by atoms with Crippen LogP contribution < -0.4 is 10.6 Å². The smallest absolute Gasteiger partial charge is 0.224 e. The standard InChI is InChI=1S/C11H17ClN4O2/c1-13-10-14-6-8(12)9(16-10)15-7-11(17)2-4-18-5-3-11/h6,17H,2-5,7H2,1H3,(H2,13,14,15,16). The fourth-order valence-corrected chi connectivity index (χ4v) is 1.95. The third-order valence-corrected chi connectivity index (χ3v) is 3.25. The van der Waals surface area contributed by atoms with Crippen LogP contribution in [-0.2, 0) is 4.74 Å². The molecule has 0 unspecified atom stereocenters. The van der Waals surface area contributed by atoms with E-state index in [9.17, 15) is 5.11 Å². The Bertz CT molecular complexity index is 410. The van der Waals surface area contributed by atoms with Crippen LogP contribution in [0.3, 0.4) is 0 Å². The molecule has 0 radical (unpaired) electrons. The highest BCUT2D eigenvalue weighted by atomic mass is 35.5. The molecular weight excluding hydrogens is 256 g/mol. The molecule has 0 amide bonds. The van der Waals surface area contributed by atoms with Gasteiger partial charge in [-0.1, -0.05) is 11.6 Å². The molecular formula is C11H17ClN4O2. The highest BCUT2D eigenvalue weighted by Crippen LogP contribution is 2.24. The molecule has 0 bridgehead atoms. The van der Waals surface area contributed by atoms with E-state index >= 15 is 0 Å². The van der Waals surface area contributed by atoms with Gasteiger partial charge in [-0.2, -0.15) is 4.98 Å². The lowest BCUT2D eigenvalue weighted by Gasteiger charge is -2.32. The maximum Gasteiger partial charge on any atom is 0.224 e. The largest absolute Gasteiger partial charge is 0.388 e. The van der Waals surface area contributed by atoms with Gasteiger partial charge in [0.05, 0.1) is 11.8 Å². The molecule has 0 saturated carbocycles. The third-order valence-electron chi connectivity index (χ3n) is 2.98. The summed E-state index contributed by atoms with van der Waals surface area (Å²) in [6, 6.07) is 0. The van der Waals surface area contributed by atoms with Crippen molar-refractivity contribution in [1.82, 2.24) is 9.97 Å². The van der Waals surface area contributed by atoms with E-state index in [0.29, 0.717) is 49.4 Å². The monoisotopic (exact) mass is 272 g/mol. The van der Waals surface area contributed by atoms with Crippen molar-refractivity contribution in [3.63, 3.8) is 0 Å². The van der Waals surface area contributed by atoms with Gasteiger partial charge in [-0.3, -0.25) is 0 Å². The van der Waals surface area contributed by atoms with Gasteiger partial charge in [0, 0.05) is 39.6 Å². The molecule has 0 spiro atoms. The van der Waals surface area contributed by atoms with Crippen molar-refractivity contribution >= 4 is 23.4 Å². The number of aliphatic hydroxyl groups is 1. The molecule has 0 aromatic carbocycles. The Morgan fingerprint density at radius 1 is 1.50 bits per heavy atom. The molecule has 7 heteroatoms. The van der Waals surface area contributed by atoms with Crippen molar-refractivity contribution in [3.05, 3.63) is 11.2 Å². The van der Waals surface area contributed by atoms with E-state index in [4.69, 9.17) is 16.3 Å². The highest BCUT2D eigenvalue weighted by molar-refractivity contribution is 6.32. The summed E-state index contributed by atoms with van der Waals surface area (Å²) in [5, 5.41) is 16.6. The van der Waals surface area contributed by atoms with Gasteiger partial charge in [-0.05, 0) is 0 Å². The third kappa shape index (κ3) is 3.22. The second kappa shape index (κ2) is 5.69. The molecule has 1 saturated heterocycles. The summed E-state index contributed by atoms with van der Waals surface area (Å²) >= 11 is 5.99. The van der Waals surface area contributed by atoms with E-state index < -0.39 is 5.60 Å². The van der Waals surface area contributed by atoms with Gasteiger partial charge in [-0.15, -0.1) is 0 Å². The van der Waals surface area contributed by atoms with Crippen molar-refractivity contribution < 1.29 is 9.84 Å². The molecule has 3 N–H and O–H groups in total. The zero-order valence-electron chi connectivity index (χ0n) is 10.2. The molecule has 0 aliphatic carbocycles. The number of ether oxygens (including phenoxy) is 1. The Kier molecular flexibility index (Phi) is 4.21. The summed E-state index contributed by atoms with van der Waals surface area (Å²) in [6.07, 6.45) is 2.75. The summed E-state index contributed by atoms with van der Waals surface area (Å²) < 4.78 is 5.23. The van der Waals surface area contributed by atoms with Gasteiger partial charge >= 0.3 is 0 Å². The highest BCUT2D eigenvalue weighted by Gasteiger charge is 2.29. The fourth-order valence-electron chi connectivity index (χ4n) is 1.79. The number of hydrogen-bond acceptors (Lipinski definition) is 6. The number of nitrogens with zero attached hydrogens (tertiary/aromatic N) is 2. The van der Waals surface area contributed by atoms with Crippen LogP contribution in [0.1, 0.15) is 12.8 Å². The van der Waals surface area contributed by atoms with Crippen LogP contribution >= 0.6 is 11.6 Å². The number of rotatable bonds is 4. The Hall–Kier alpha value is -1.11. The molecule has 1 aliphatic heterocycles. The Balaban J connectivity index is 2.00. The lowest BCUT2D eigenvalue weighted by Crippen LogP contribution is -2.42. The summed E-state index contributed by atoms with van der Waals surface area (Å²) in [4.78, 5) is 8.19. The van der Waals surface area contributed by atoms with Crippen LogP contribution in [0.4, 0.5) is 11.8 Å². The van der Waals surface area contributed by atoms with Crippen LogP contribution in [0.2, 0.25) is 5.02 Å². The number of anilines is 2. The average molecular weight is 273 g/mol. The maximum absolute atomic E-state index is 10.3. The number of aromatic nitrogens is 2. The van der Waals surface area contributed by atoms with Gasteiger partial charge in [0.15, 0.2) is 5.82 Å². The first kappa shape index (κ1) is 13.3. The number of nitrogens with one attached hydrogen (secondary N) is 2. The minimum Gasteiger partial charge on any atom is -0.388 e. The number of halogens is 1. The Morgan fingerprint density at radius 2 is 2.22 bits per heavy atom. The molecule has 18 heavy (non-hydrogen) atoms. The lowest BCUT2D eigenvalue weighted by molar-refractivity contribution is -0.0543. The van der Waals surface area contributed by atoms with Gasteiger partial charge in [0.25, 0.3) is 0 Å². The van der Waals surface area contributed by atoms with Crippen LogP contribution in [0.25, 0.3) is 0 Å². The minimum atomic E-state index is -0.758. The summed E-state index contributed by atoms with van der Waals surface area (Å²) in [5.74, 6) is 1.01. The van der Waals surface area contributed by atoms with Crippen molar-refractivity contribution in [3.8, 4) is 0 Å². The van der Waals surface area contributed by atoms with E-state index in [2.05, 4.69) is 20.6 Å². The summed E-state index contributed by atoms with van der Waals surface area (Å²) in [5.41, 5.74) is -0.758. The molecule has 6 nitrogen and oxygen atoms in total. The molecule has 1 fully saturated rings. The maximum atomic E-state index is 10.3. The van der Waals surface area contributed by atoms with E-state index in [0.717, 1.165) is 0 Å². The van der Waals surface area contributed by atoms with Gasteiger partial charge in [0.2, 0.25) is 5.95 Å². The number of hydrogen-bond donors (Lipinski definition) is 3. The second-order valence-electron chi connectivity index (χ2n) is 4.33. The molecule has 2 rings (SSSR count). The lowest BCUT2D eigenvalue weighted by atomic mass is 9.94. The Morgan fingerprint density at radius 3 is 2.89 bits per heavy atom. The summed E-state index contributed by atoms with van der Waals surface area (Å²) in [7, 11) is 1.74. The van der Waals surface area contributed by atoms with Crippen LogP contribution in [0, 0.1) is 0 Å². The zero-order valence-corrected chi connectivity index (χ0v) is 11.0. The first-order chi connectivity index (χ1) is 8.63. The summed E-state index contributed by atoms with van der Waals surface area (Å²) in [6.45, 7) is 1.56. The topological polar surface area (TPSA) is 79.3 Å². The molecule has 100 valence electrons. The van der Waals surface area contributed by atoms with Crippen molar-refractivity contribution in [2.45, 2.75) is 18.4 Å². The van der Waals surface area contributed by atoms with Crippen LogP contribution in [0.15, 0.2) is 6.20 Å². The van der Waals surface area contributed by atoms with Gasteiger partial charge < -0.3 is 20.5 Å². The van der Waals surface area contributed by atoms with Crippen LogP contribution in [-0.4, -0.2) is 47.5 Å². The molecule has 0 atom stereocenters. The first-order valence-corrected chi connectivity index (χ1v) is 6.25. The van der Waals surface area contributed by atoms with E-state index in [1.807, 2.05) is 0 Å². The van der Waals surface area contributed by atoms with E-state index in [1.165, 1.54) is 6.20 Å². The molecule has 2 heterocycles. The predicted octanol–water partition coefficient (Wildman–Crippen LogP) is 1.13. The van der Waals surface area contributed by atoms with Crippen molar-refractivity contribution in [2.24, 2.45) is 0 Å². The van der Waals surface area contributed by atoms with Gasteiger partial charge in [-0.25, -0.2) is 4.98 Å². The Labute approximate surface area is 111 Å². The normalized spacial score (nSPS) is 18.4. The quantitative estimate of drug-likeness (QED) is 0.762. The van der Waals surface area contributed by atoms with Gasteiger partial charge in [0.1, 0.15) is 5.02 Å². The average Bonchev–Trinajstić information content (AvgIpc) is 2.39.